The van der Waals surface area contributed by atoms with Crippen LogP contribution in [0.2, 0.25) is 0 Å². The first kappa shape index (κ1) is 15.3. The SMILES string of the molecule is CC(C)(CNC(=O)N1CCCCCC1)S(C)(=O)=O. The van der Waals surface area contributed by atoms with E-state index in [1.165, 1.54) is 19.1 Å². The number of sulfone groups is 1. The van der Waals surface area contributed by atoms with Crippen LogP contribution in [-0.4, -0.2) is 50.0 Å². The predicted octanol–water partition coefficient (Wildman–Crippen LogP) is 1.40. The summed E-state index contributed by atoms with van der Waals surface area (Å²) in [5.74, 6) is 0. The Balaban J connectivity index is 2.50. The molecule has 0 spiro atoms. The molecule has 2 amide bonds. The lowest BCUT2D eigenvalue weighted by Crippen LogP contribution is -2.48. The van der Waals surface area contributed by atoms with Gasteiger partial charge in [0.1, 0.15) is 0 Å². The van der Waals surface area contributed by atoms with Crippen LogP contribution in [-0.2, 0) is 9.84 Å². The summed E-state index contributed by atoms with van der Waals surface area (Å²) >= 11 is 0. The Bertz CT molecular complexity index is 382. The summed E-state index contributed by atoms with van der Waals surface area (Å²) in [6, 6.07) is -0.145. The Morgan fingerprint density at radius 1 is 1.17 bits per heavy atom. The van der Waals surface area contributed by atoms with Gasteiger partial charge in [-0.3, -0.25) is 0 Å². The summed E-state index contributed by atoms with van der Waals surface area (Å²) in [5.41, 5.74) is 0. The molecule has 0 aromatic rings. The van der Waals surface area contributed by atoms with Crippen molar-refractivity contribution in [2.24, 2.45) is 0 Å². The fourth-order valence-corrected chi connectivity index (χ4v) is 2.14. The fraction of sp³-hybridized carbons (Fsp3) is 0.917. The third kappa shape index (κ3) is 4.15. The molecule has 0 radical (unpaired) electrons. The van der Waals surface area contributed by atoms with Gasteiger partial charge in [0.2, 0.25) is 0 Å². The van der Waals surface area contributed by atoms with E-state index in [1.54, 1.807) is 18.7 Å². The van der Waals surface area contributed by atoms with Gasteiger partial charge in [-0.2, -0.15) is 0 Å². The minimum absolute atomic E-state index is 0.145. The minimum Gasteiger partial charge on any atom is -0.336 e. The summed E-state index contributed by atoms with van der Waals surface area (Å²) in [7, 11) is -3.17. The standard InChI is InChI=1S/C12H24N2O3S/c1-12(2,18(3,16)17)10-13-11(15)14-8-6-4-5-7-9-14/h4-10H2,1-3H3,(H,13,15). The number of nitrogens with zero attached hydrogens (tertiary/aromatic N) is 1. The number of likely N-dealkylation sites (tertiary alicyclic amines) is 1. The predicted molar refractivity (Wildman–Crippen MR) is 72.4 cm³/mol. The summed E-state index contributed by atoms with van der Waals surface area (Å²) in [6.07, 6.45) is 5.59. The molecule has 0 aromatic heterocycles. The van der Waals surface area contributed by atoms with Gasteiger partial charge in [-0.15, -0.1) is 0 Å². The molecule has 1 N–H and O–H groups in total. The molecule has 0 atom stereocenters. The van der Waals surface area contributed by atoms with Crippen molar-refractivity contribution in [2.45, 2.75) is 44.3 Å². The maximum absolute atomic E-state index is 11.9. The minimum atomic E-state index is -3.17. The second-order valence-electron chi connectivity index (χ2n) is 5.59. The Morgan fingerprint density at radius 3 is 2.11 bits per heavy atom. The van der Waals surface area contributed by atoms with Crippen molar-refractivity contribution in [1.29, 1.82) is 0 Å². The van der Waals surface area contributed by atoms with Crippen molar-refractivity contribution in [3.63, 3.8) is 0 Å². The topological polar surface area (TPSA) is 66.5 Å². The molecule has 1 aliphatic rings. The van der Waals surface area contributed by atoms with E-state index >= 15 is 0 Å². The van der Waals surface area contributed by atoms with Crippen molar-refractivity contribution in [1.82, 2.24) is 10.2 Å². The number of amides is 2. The molecule has 0 unspecified atom stereocenters. The molecule has 6 heteroatoms. The average Bonchev–Trinajstić information content (AvgIpc) is 2.52. The summed E-state index contributed by atoms with van der Waals surface area (Å²) in [4.78, 5) is 13.7. The van der Waals surface area contributed by atoms with Gasteiger partial charge in [0.05, 0.1) is 4.75 Å². The number of hydrogen-bond donors (Lipinski definition) is 1. The normalized spacial score (nSPS) is 18.3. The van der Waals surface area contributed by atoms with Gasteiger partial charge in [0.15, 0.2) is 9.84 Å². The molecule has 1 saturated heterocycles. The molecule has 0 bridgehead atoms. The number of rotatable bonds is 3. The van der Waals surface area contributed by atoms with Crippen LogP contribution >= 0.6 is 0 Å². The molecule has 1 aliphatic heterocycles. The Kier molecular flexibility index (Phi) is 5.01. The molecule has 18 heavy (non-hydrogen) atoms. The maximum atomic E-state index is 11.9. The van der Waals surface area contributed by atoms with Crippen LogP contribution < -0.4 is 5.32 Å². The van der Waals surface area contributed by atoms with Gasteiger partial charge >= 0.3 is 6.03 Å². The Morgan fingerprint density at radius 2 is 1.67 bits per heavy atom. The zero-order valence-electron chi connectivity index (χ0n) is 11.5. The molecule has 1 fully saturated rings. The summed E-state index contributed by atoms with van der Waals surface area (Å²) in [5, 5.41) is 2.73. The smallest absolute Gasteiger partial charge is 0.317 e. The summed E-state index contributed by atoms with van der Waals surface area (Å²) < 4.78 is 22.1. The molecule has 106 valence electrons. The van der Waals surface area contributed by atoms with E-state index < -0.39 is 14.6 Å². The van der Waals surface area contributed by atoms with Gasteiger partial charge in [0.25, 0.3) is 0 Å². The molecule has 0 aliphatic carbocycles. The highest BCUT2D eigenvalue weighted by molar-refractivity contribution is 7.92. The second kappa shape index (κ2) is 5.91. The molecule has 0 saturated carbocycles. The van der Waals surface area contributed by atoms with Crippen LogP contribution in [0, 0.1) is 0 Å². The zero-order chi connectivity index (χ0) is 13.8. The Labute approximate surface area is 110 Å². The van der Waals surface area contributed by atoms with Crippen LogP contribution in [0.3, 0.4) is 0 Å². The molecule has 0 aromatic carbocycles. The monoisotopic (exact) mass is 276 g/mol. The number of carbonyl (C=O) groups is 1. The first-order valence-electron chi connectivity index (χ1n) is 6.46. The van der Waals surface area contributed by atoms with Crippen molar-refractivity contribution in [2.75, 3.05) is 25.9 Å². The van der Waals surface area contributed by atoms with Crippen LogP contribution in [0.5, 0.6) is 0 Å². The highest BCUT2D eigenvalue weighted by Crippen LogP contribution is 2.14. The lowest BCUT2D eigenvalue weighted by Gasteiger charge is -2.26. The molecular weight excluding hydrogens is 252 g/mol. The van der Waals surface area contributed by atoms with Crippen LogP contribution in [0.15, 0.2) is 0 Å². The lowest BCUT2D eigenvalue weighted by molar-refractivity contribution is 0.199. The van der Waals surface area contributed by atoms with Crippen molar-refractivity contribution < 1.29 is 13.2 Å². The highest BCUT2D eigenvalue weighted by atomic mass is 32.2. The van der Waals surface area contributed by atoms with Crippen molar-refractivity contribution in [3.05, 3.63) is 0 Å². The van der Waals surface area contributed by atoms with Crippen LogP contribution in [0.1, 0.15) is 39.5 Å². The van der Waals surface area contributed by atoms with E-state index in [0.717, 1.165) is 25.9 Å². The third-order valence-corrected chi connectivity index (χ3v) is 5.71. The average molecular weight is 276 g/mol. The first-order chi connectivity index (χ1) is 8.24. The van der Waals surface area contributed by atoms with Gasteiger partial charge in [0, 0.05) is 25.9 Å². The third-order valence-electron chi connectivity index (χ3n) is 3.56. The fourth-order valence-electron chi connectivity index (χ4n) is 1.81. The first-order valence-corrected chi connectivity index (χ1v) is 8.35. The van der Waals surface area contributed by atoms with E-state index in [-0.39, 0.29) is 12.6 Å². The number of urea groups is 1. The van der Waals surface area contributed by atoms with Gasteiger partial charge < -0.3 is 10.2 Å². The van der Waals surface area contributed by atoms with Crippen LogP contribution in [0.25, 0.3) is 0 Å². The molecular formula is C12H24N2O3S. The van der Waals surface area contributed by atoms with Gasteiger partial charge in [-0.05, 0) is 26.7 Å². The largest absolute Gasteiger partial charge is 0.336 e. The molecule has 1 heterocycles. The van der Waals surface area contributed by atoms with Gasteiger partial charge in [-0.25, -0.2) is 13.2 Å². The molecule has 1 rings (SSSR count). The maximum Gasteiger partial charge on any atom is 0.317 e. The van der Waals surface area contributed by atoms with E-state index in [9.17, 15) is 13.2 Å². The van der Waals surface area contributed by atoms with E-state index in [2.05, 4.69) is 5.32 Å². The number of carbonyl (C=O) groups excluding carboxylic acids is 1. The zero-order valence-corrected chi connectivity index (χ0v) is 12.3. The number of hydrogen-bond acceptors (Lipinski definition) is 3. The molecule has 5 nitrogen and oxygen atoms in total. The number of nitrogens with one attached hydrogen (secondary N) is 1. The van der Waals surface area contributed by atoms with E-state index in [4.69, 9.17) is 0 Å². The second-order valence-corrected chi connectivity index (χ2v) is 8.24. The van der Waals surface area contributed by atoms with Gasteiger partial charge in [-0.1, -0.05) is 12.8 Å². The van der Waals surface area contributed by atoms with Crippen molar-refractivity contribution >= 4 is 15.9 Å². The van der Waals surface area contributed by atoms with E-state index in [1.807, 2.05) is 0 Å². The Hall–Kier alpha value is -0.780. The lowest BCUT2D eigenvalue weighted by atomic mass is 10.2. The van der Waals surface area contributed by atoms with E-state index in [0.29, 0.717) is 0 Å². The van der Waals surface area contributed by atoms with Crippen molar-refractivity contribution in [3.8, 4) is 0 Å². The summed E-state index contributed by atoms with van der Waals surface area (Å²) in [6.45, 7) is 4.95. The van der Waals surface area contributed by atoms with Crippen LogP contribution in [0.4, 0.5) is 4.79 Å². The highest BCUT2D eigenvalue weighted by Gasteiger charge is 2.31. The quantitative estimate of drug-likeness (QED) is 0.847.